The first kappa shape index (κ1) is 37.7. The molecule has 346 valence electrons. The summed E-state index contributed by atoms with van der Waals surface area (Å²) >= 11 is 0. The largest absolute Gasteiger partial charge is 0.458 e. The van der Waals surface area contributed by atoms with E-state index in [1.807, 2.05) is 89.7 Å². The second-order valence-electron chi connectivity index (χ2n) is 21.0. The number of rotatable bonds is 11. The molecule has 0 saturated carbocycles. The maximum atomic E-state index is 9.29. The van der Waals surface area contributed by atoms with Gasteiger partial charge in [-0.05, 0) is 129 Å². The van der Waals surface area contributed by atoms with Crippen molar-refractivity contribution < 1.29 is 18.9 Å². The van der Waals surface area contributed by atoms with Gasteiger partial charge >= 0.3 is 0 Å². The fraction of sp³-hybridized carbons (Fsp3) is 0.250. The molecule has 0 bridgehead atoms. The number of ether oxygens (including phenoxy) is 1. The highest BCUT2D eigenvalue weighted by Gasteiger charge is 2.25. The molecule has 0 radical (unpaired) electrons. The third-order valence-electron chi connectivity index (χ3n) is 12.8. The van der Waals surface area contributed by atoms with Crippen LogP contribution in [-0.4, -0.2) is 14.1 Å². The van der Waals surface area contributed by atoms with Crippen LogP contribution in [0.5, 0.6) is 11.5 Å². The van der Waals surface area contributed by atoms with Crippen molar-refractivity contribution in [3.05, 3.63) is 198 Å². The number of pyridine rings is 1. The Morgan fingerprint density at radius 3 is 2.04 bits per heavy atom. The van der Waals surface area contributed by atoms with Gasteiger partial charge in [0.25, 0.3) is 6.33 Å². The van der Waals surface area contributed by atoms with Gasteiger partial charge in [0.15, 0.2) is 0 Å². The zero-order valence-corrected chi connectivity index (χ0v) is 41.3. The molecule has 5 heteroatoms. The van der Waals surface area contributed by atoms with E-state index in [2.05, 4.69) is 127 Å². The van der Waals surface area contributed by atoms with Crippen molar-refractivity contribution >= 4 is 32.8 Å². The number of hydrogen-bond acceptors (Lipinski definition) is 2. The first-order valence-electron chi connectivity index (χ1n) is 27.6. The average molecular weight is 912 g/mol. The minimum absolute atomic E-state index is 0.107. The Morgan fingerprint density at radius 1 is 0.623 bits per heavy atom. The Morgan fingerprint density at radius 2 is 1.32 bits per heavy atom. The van der Waals surface area contributed by atoms with Crippen LogP contribution in [0.4, 0.5) is 0 Å². The fourth-order valence-corrected chi connectivity index (χ4v) is 9.41. The topological polar surface area (TPSA) is 35.9 Å². The molecule has 0 aliphatic rings. The summed E-state index contributed by atoms with van der Waals surface area (Å²) < 4.78 is 75.4. The summed E-state index contributed by atoms with van der Waals surface area (Å²) in [7, 11) is 0. The van der Waals surface area contributed by atoms with Gasteiger partial charge in [0, 0.05) is 25.8 Å². The predicted octanol–water partition coefficient (Wildman–Crippen LogP) is 16.3. The SMILES string of the molecule is [2H]c1c([2H])c([2H])c(-c2cccc(-c3cc(C(C)(C)C)cc(C(C)(C)C)c3)c2-[n+]2[c-]n(-c3cccc(Oc4ccc5c6ccccc6n(-c6cc(C([2H])([2H])C(C)C)ccn6)c5c4)c3)c3cc(CC(C)C)ccc32)c([2H])c1[2H]. The van der Waals surface area contributed by atoms with Crippen LogP contribution in [0.2, 0.25) is 0 Å². The molecule has 0 N–H and O–H groups in total. The van der Waals surface area contributed by atoms with E-state index in [0.717, 1.165) is 72.8 Å². The summed E-state index contributed by atoms with van der Waals surface area (Å²) in [6, 6.07) is 42.8. The number of aromatic nitrogens is 4. The van der Waals surface area contributed by atoms with Crippen LogP contribution in [0.3, 0.4) is 0 Å². The van der Waals surface area contributed by atoms with Crippen LogP contribution in [0.25, 0.3) is 72.3 Å². The van der Waals surface area contributed by atoms with Gasteiger partial charge in [0.2, 0.25) is 0 Å². The zero-order valence-electron chi connectivity index (χ0n) is 48.3. The standard InChI is InChI=1S/C64H64N4O/c1-42(2)32-44-26-29-58-60(34-44)66(41-67(58)62-53(46-18-12-11-13-19-46)23-17-24-54(62)47-36-48(63(5,6)7)38-49(37-47)64(8,9)10)50-20-16-21-51(39-50)69-52-27-28-56-55-22-14-15-25-57(55)68(59(56)40-52)61-35-45(30-31-65-61)33-43(3)4/h11-31,34-40,42-43H,32-33H2,1-10H3/i11D,12D,13D,18D,19D,33D2. The quantitative estimate of drug-likeness (QED) is 0.0957. The lowest BCUT2D eigenvalue weighted by Gasteiger charge is -2.27. The Hall–Kier alpha value is -7.24. The maximum absolute atomic E-state index is 9.29. The molecule has 10 rings (SSSR count). The zero-order chi connectivity index (χ0) is 54.3. The summed E-state index contributed by atoms with van der Waals surface area (Å²) in [5.41, 5.74) is 10.8. The molecule has 0 unspecified atom stereocenters. The lowest BCUT2D eigenvalue weighted by Crippen LogP contribution is -2.31. The van der Waals surface area contributed by atoms with Crippen molar-refractivity contribution in [3.8, 4) is 50.9 Å². The van der Waals surface area contributed by atoms with E-state index in [1.165, 1.54) is 0 Å². The highest BCUT2D eigenvalue weighted by molar-refractivity contribution is 6.09. The van der Waals surface area contributed by atoms with Gasteiger partial charge in [-0.15, -0.1) is 0 Å². The van der Waals surface area contributed by atoms with Crippen LogP contribution in [0, 0.1) is 18.2 Å². The van der Waals surface area contributed by atoms with Gasteiger partial charge in [-0.2, -0.15) is 0 Å². The molecule has 0 aliphatic carbocycles. The third kappa shape index (κ3) is 9.11. The molecule has 0 aliphatic heterocycles. The Kier molecular flexibility index (Phi) is 9.84. The Balaban J connectivity index is 1.17. The second-order valence-corrected chi connectivity index (χ2v) is 21.0. The van der Waals surface area contributed by atoms with Crippen molar-refractivity contribution in [2.45, 2.75) is 92.9 Å². The molecule has 0 atom stereocenters. The minimum Gasteiger partial charge on any atom is -0.458 e. The molecule has 7 aromatic carbocycles. The predicted molar refractivity (Wildman–Crippen MR) is 288 cm³/mol. The second kappa shape index (κ2) is 18.0. The van der Waals surface area contributed by atoms with Crippen molar-refractivity contribution in [1.29, 1.82) is 0 Å². The van der Waals surface area contributed by atoms with Crippen LogP contribution >= 0.6 is 0 Å². The van der Waals surface area contributed by atoms with Gasteiger partial charge < -0.3 is 4.74 Å². The van der Waals surface area contributed by atoms with E-state index in [1.54, 1.807) is 12.3 Å². The van der Waals surface area contributed by atoms with E-state index in [4.69, 9.17) is 16.6 Å². The Bertz CT molecular complexity index is 3850. The fourth-order valence-electron chi connectivity index (χ4n) is 9.41. The molecule has 3 heterocycles. The van der Waals surface area contributed by atoms with Gasteiger partial charge in [0.1, 0.15) is 17.3 Å². The molecule has 69 heavy (non-hydrogen) atoms. The summed E-state index contributed by atoms with van der Waals surface area (Å²) in [5.74, 6) is 1.94. The van der Waals surface area contributed by atoms with E-state index >= 15 is 0 Å². The van der Waals surface area contributed by atoms with Crippen LogP contribution in [0.1, 0.15) is 101 Å². The molecule has 0 saturated heterocycles. The minimum atomic E-state index is -1.56. The van der Waals surface area contributed by atoms with Crippen molar-refractivity contribution in [2.75, 3.05) is 0 Å². The highest BCUT2D eigenvalue weighted by atomic mass is 16.5. The monoisotopic (exact) mass is 912 g/mol. The van der Waals surface area contributed by atoms with Crippen molar-refractivity contribution in [2.24, 2.45) is 11.8 Å². The number of imidazole rings is 1. The number of hydrogen-bond donors (Lipinski definition) is 0. The number of fused-ring (bicyclic) bond motifs is 4. The summed E-state index contributed by atoms with van der Waals surface area (Å²) in [5, 5.41) is 2.05. The smallest absolute Gasteiger partial charge is 0.269 e. The third-order valence-corrected chi connectivity index (χ3v) is 12.8. The molecular formula is C64H64N4O. The summed E-state index contributed by atoms with van der Waals surface area (Å²) in [6.45, 7) is 21.4. The molecular weight excluding hydrogens is 841 g/mol. The molecule has 0 spiro atoms. The molecule has 0 amide bonds. The maximum Gasteiger partial charge on any atom is 0.269 e. The van der Waals surface area contributed by atoms with Gasteiger partial charge in [-0.25, -0.2) is 4.98 Å². The number of para-hydroxylation sites is 2. The van der Waals surface area contributed by atoms with Crippen molar-refractivity contribution in [1.82, 2.24) is 14.1 Å². The van der Waals surface area contributed by atoms with Gasteiger partial charge in [0.05, 0.1) is 40.3 Å². The average Bonchev–Trinajstić information content (AvgIpc) is 3.96. The van der Waals surface area contributed by atoms with Crippen LogP contribution < -0.4 is 9.30 Å². The van der Waals surface area contributed by atoms with Gasteiger partial charge in [-0.3, -0.25) is 13.7 Å². The molecule has 5 nitrogen and oxygen atoms in total. The highest BCUT2D eigenvalue weighted by Crippen LogP contribution is 2.40. The van der Waals surface area contributed by atoms with E-state index in [0.29, 0.717) is 40.0 Å². The van der Waals surface area contributed by atoms with Crippen LogP contribution in [0.15, 0.2) is 170 Å². The number of benzene rings is 7. The molecule has 0 fully saturated rings. The first-order chi connectivity index (χ1) is 35.9. The first-order valence-corrected chi connectivity index (χ1v) is 24.1. The Labute approximate surface area is 418 Å². The van der Waals surface area contributed by atoms with Crippen LogP contribution in [-0.2, 0) is 23.6 Å². The van der Waals surface area contributed by atoms with E-state index in [9.17, 15) is 2.74 Å². The van der Waals surface area contributed by atoms with Crippen molar-refractivity contribution in [3.63, 3.8) is 0 Å². The molecule has 3 aromatic heterocycles. The summed E-state index contributed by atoms with van der Waals surface area (Å²) in [4.78, 5) is 4.78. The van der Waals surface area contributed by atoms with Gasteiger partial charge in [-0.1, -0.05) is 178 Å². The van der Waals surface area contributed by atoms with E-state index in [-0.39, 0.29) is 34.4 Å². The lowest BCUT2D eigenvalue weighted by molar-refractivity contribution is -0.571. The lowest BCUT2D eigenvalue weighted by atomic mass is 9.78. The van der Waals surface area contributed by atoms with E-state index < -0.39 is 24.5 Å². The number of nitrogens with zero attached hydrogens (tertiary/aromatic N) is 4. The summed E-state index contributed by atoms with van der Waals surface area (Å²) in [6.07, 6.45) is 4.72. The normalized spacial score (nSPS) is 13.9. The molecule has 10 aromatic rings.